The molecule has 0 heterocycles. The molecule has 1 amide bonds. The maximum absolute atomic E-state index is 10.5. The number of nitrogens with two attached hydrogens (primary N) is 2. The zero-order valence-electron chi connectivity index (χ0n) is 8.63. The van der Waals surface area contributed by atoms with Crippen molar-refractivity contribution in [2.75, 3.05) is 13.2 Å². The van der Waals surface area contributed by atoms with Crippen molar-refractivity contribution in [1.29, 1.82) is 0 Å². The van der Waals surface area contributed by atoms with Crippen LogP contribution in [0.4, 0.5) is 0 Å². The van der Waals surface area contributed by atoms with Gasteiger partial charge in [0.1, 0.15) is 0 Å². The van der Waals surface area contributed by atoms with E-state index < -0.39 is 0 Å². The molecule has 1 aliphatic rings. The lowest BCUT2D eigenvalue weighted by molar-refractivity contribution is -0.122. The molecular formula is C10H20N2O2. The van der Waals surface area contributed by atoms with Crippen LogP contribution in [0.2, 0.25) is 0 Å². The van der Waals surface area contributed by atoms with Gasteiger partial charge < -0.3 is 16.2 Å². The number of carbonyl (C=O) groups excluding carboxylic acids is 1. The molecule has 4 N–H and O–H groups in total. The predicted molar refractivity (Wildman–Crippen MR) is 54.6 cm³/mol. The fourth-order valence-electron chi connectivity index (χ4n) is 1.97. The summed E-state index contributed by atoms with van der Waals surface area (Å²) in [5, 5.41) is 0. The lowest BCUT2D eigenvalue weighted by Crippen LogP contribution is -2.43. The fraction of sp³-hybridized carbons (Fsp3) is 0.900. The van der Waals surface area contributed by atoms with E-state index >= 15 is 0 Å². The Bertz CT molecular complexity index is 189. The van der Waals surface area contributed by atoms with E-state index in [1.165, 1.54) is 19.3 Å². The Balaban J connectivity index is 2.32. The summed E-state index contributed by atoms with van der Waals surface area (Å²) >= 11 is 0. The third-order valence-corrected chi connectivity index (χ3v) is 2.89. The summed E-state index contributed by atoms with van der Waals surface area (Å²) in [7, 11) is 0. The van der Waals surface area contributed by atoms with Gasteiger partial charge in [0, 0.05) is 13.0 Å². The van der Waals surface area contributed by atoms with Crippen LogP contribution in [-0.4, -0.2) is 24.7 Å². The highest BCUT2D eigenvalue weighted by Crippen LogP contribution is 2.30. The number of amides is 1. The smallest absolute Gasteiger partial charge is 0.219 e. The molecule has 0 saturated heterocycles. The normalized spacial score (nSPS) is 20.6. The second-order valence-corrected chi connectivity index (χ2v) is 4.01. The molecule has 4 heteroatoms. The monoisotopic (exact) mass is 200 g/mol. The van der Waals surface area contributed by atoms with E-state index in [1.807, 2.05) is 0 Å². The summed E-state index contributed by atoms with van der Waals surface area (Å²) in [5.74, 6) is -0.312. The van der Waals surface area contributed by atoms with Crippen molar-refractivity contribution >= 4 is 5.91 Å². The number of ether oxygens (including phenoxy) is 1. The van der Waals surface area contributed by atoms with Gasteiger partial charge >= 0.3 is 0 Å². The van der Waals surface area contributed by atoms with Gasteiger partial charge in [0.05, 0.1) is 12.2 Å². The second-order valence-electron chi connectivity index (χ2n) is 4.01. The van der Waals surface area contributed by atoms with Crippen LogP contribution in [0.15, 0.2) is 0 Å². The summed E-state index contributed by atoms with van der Waals surface area (Å²) in [5.41, 5.74) is 10.6. The van der Waals surface area contributed by atoms with Gasteiger partial charge in [-0.1, -0.05) is 19.3 Å². The van der Waals surface area contributed by atoms with Crippen LogP contribution in [0, 0.1) is 0 Å². The molecule has 1 rings (SSSR count). The third-order valence-electron chi connectivity index (χ3n) is 2.89. The summed E-state index contributed by atoms with van der Waals surface area (Å²) in [6.07, 6.45) is 5.94. The van der Waals surface area contributed by atoms with Crippen molar-refractivity contribution in [3.63, 3.8) is 0 Å². The molecule has 1 aliphatic carbocycles. The van der Waals surface area contributed by atoms with Crippen LogP contribution >= 0.6 is 0 Å². The van der Waals surface area contributed by atoms with E-state index in [9.17, 15) is 4.79 Å². The average molecular weight is 200 g/mol. The highest BCUT2D eigenvalue weighted by Gasteiger charge is 2.31. The first kappa shape index (κ1) is 11.5. The molecule has 1 saturated carbocycles. The third kappa shape index (κ3) is 3.27. The van der Waals surface area contributed by atoms with Crippen LogP contribution in [0.1, 0.15) is 38.5 Å². The van der Waals surface area contributed by atoms with Gasteiger partial charge in [-0.05, 0) is 12.8 Å². The molecule has 0 atom stereocenters. The Morgan fingerprint density at radius 3 is 2.43 bits per heavy atom. The standard InChI is InChI=1S/C10H20N2O2/c11-8-10(5-2-1-3-6-10)14-7-4-9(12)13/h1-8,11H2,(H2,12,13). The van der Waals surface area contributed by atoms with E-state index in [1.54, 1.807) is 0 Å². The van der Waals surface area contributed by atoms with Gasteiger partial charge in [-0.25, -0.2) is 0 Å². The van der Waals surface area contributed by atoms with E-state index in [0.29, 0.717) is 19.6 Å². The van der Waals surface area contributed by atoms with Crippen LogP contribution in [0.25, 0.3) is 0 Å². The molecule has 0 unspecified atom stereocenters. The highest BCUT2D eigenvalue weighted by atomic mass is 16.5. The second kappa shape index (κ2) is 5.32. The molecule has 4 nitrogen and oxygen atoms in total. The minimum Gasteiger partial charge on any atom is -0.373 e. The number of hydrogen-bond acceptors (Lipinski definition) is 3. The van der Waals surface area contributed by atoms with Gasteiger partial charge in [0.15, 0.2) is 0 Å². The number of rotatable bonds is 5. The first-order chi connectivity index (χ1) is 6.68. The molecule has 0 aliphatic heterocycles. The predicted octanol–water partition coefficient (Wildman–Crippen LogP) is 0.540. The molecule has 82 valence electrons. The maximum Gasteiger partial charge on any atom is 0.219 e. The van der Waals surface area contributed by atoms with Crippen molar-refractivity contribution < 1.29 is 9.53 Å². The Kier molecular flexibility index (Phi) is 4.35. The molecular weight excluding hydrogens is 180 g/mol. The van der Waals surface area contributed by atoms with Gasteiger partial charge in [0.25, 0.3) is 0 Å². The van der Waals surface area contributed by atoms with Gasteiger partial charge in [-0.3, -0.25) is 4.79 Å². The molecule has 14 heavy (non-hydrogen) atoms. The minimum absolute atomic E-state index is 0.173. The average Bonchev–Trinajstić information content (AvgIpc) is 2.19. The number of primary amides is 1. The molecule has 0 radical (unpaired) electrons. The quantitative estimate of drug-likeness (QED) is 0.680. The summed E-state index contributed by atoms with van der Waals surface area (Å²) < 4.78 is 5.70. The summed E-state index contributed by atoms with van der Waals surface area (Å²) in [4.78, 5) is 10.5. The largest absolute Gasteiger partial charge is 0.373 e. The molecule has 0 bridgehead atoms. The Hall–Kier alpha value is -0.610. The Morgan fingerprint density at radius 2 is 1.93 bits per heavy atom. The van der Waals surface area contributed by atoms with Gasteiger partial charge in [-0.15, -0.1) is 0 Å². The molecule has 1 fully saturated rings. The van der Waals surface area contributed by atoms with Crippen LogP contribution in [0.5, 0.6) is 0 Å². The van der Waals surface area contributed by atoms with E-state index in [4.69, 9.17) is 16.2 Å². The van der Waals surface area contributed by atoms with Crippen molar-refractivity contribution in [3.8, 4) is 0 Å². The molecule has 0 aromatic rings. The zero-order valence-corrected chi connectivity index (χ0v) is 8.63. The molecule has 0 spiro atoms. The van der Waals surface area contributed by atoms with Crippen molar-refractivity contribution in [2.45, 2.75) is 44.1 Å². The lowest BCUT2D eigenvalue weighted by Gasteiger charge is -2.36. The maximum atomic E-state index is 10.5. The van der Waals surface area contributed by atoms with Crippen LogP contribution in [-0.2, 0) is 9.53 Å². The molecule has 0 aromatic carbocycles. The van der Waals surface area contributed by atoms with E-state index in [2.05, 4.69) is 0 Å². The van der Waals surface area contributed by atoms with Crippen LogP contribution < -0.4 is 11.5 Å². The lowest BCUT2D eigenvalue weighted by atomic mass is 9.85. The Morgan fingerprint density at radius 1 is 1.29 bits per heavy atom. The number of hydrogen-bond donors (Lipinski definition) is 2. The molecule has 0 aromatic heterocycles. The van der Waals surface area contributed by atoms with E-state index in [0.717, 1.165) is 12.8 Å². The van der Waals surface area contributed by atoms with E-state index in [-0.39, 0.29) is 11.5 Å². The first-order valence-electron chi connectivity index (χ1n) is 5.31. The van der Waals surface area contributed by atoms with Crippen LogP contribution in [0.3, 0.4) is 0 Å². The number of carbonyl (C=O) groups is 1. The van der Waals surface area contributed by atoms with Gasteiger partial charge in [-0.2, -0.15) is 0 Å². The topological polar surface area (TPSA) is 78.3 Å². The summed E-state index contributed by atoms with van der Waals surface area (Å²) in [6, 6.07) is 0. The fourth-order valence-corrected chi connectivity index (χ4v) is 1.97. The first-order valence-corrected chi connectivity index (χ1v) is 5.31. The van der Waals surface area contributed by atoms with Crippen molar-refractivity contribution in [1.82, 2.24) is 0 Å². The summed E-state index contributed by atoms with van der Waals surface area (Å²) in [6.45, 7) is 0.957. The minimum atomic E-state index is -0.312. The van der Waals surface area contributed by atoms with Crippen molar-refractivity contribution in [3.05, 3.63) is 0 Å². The van der Waals surface area contributed by atoms with Gasteiger partial charge in [0.2, 0.25) is 5.91 Å². The zero-order chi connectivity index (χ0) is 10.4. The Labute approximate surface area is 85.0 Å². The SMILES string of the molecule is NCC1(OCCC(N)=O)CCCCC1. The van der Waals surface area contributed by atoms with Crippen molar-refractivity contribution in [2.24, 2.45) is 11.5 Å². The highest BCUT2D eigenvalue weighted by molar-refractivity contribution is 5.73.